The summed E-state index contributed by atoms with van der Waals surface area (Å²) in [5, 5.41) is 7.05. The van der Waals surface area contributed by atoms with Crippen LogP contribution in [-0.2, 0) is 16.0 Å². The highest BCUT2D eigenvalue weighted by molar-refractivity contribution is 5.83. The number of rotatable bonds is 3. The smallest absolute Gasteiger partial charge is 0.236 e. The Morgan fingerprint density at radius 3 is 2.78 bits per heavy atom. The molecule has 1 N–H and O–H groups in total. The van der Waals surface area contributed by atoms with Crippen LogP contribution in [0.2, 0.25) is 0 Å². The highest BCUT2D eigenvalue weighted by Crippen LogP contribution is 2.38. The third-order valence-electron chi connectivity index (χ3n) is 8.29. The molecule has 2 aromatic rings. The number of ether oxygens (including phenoxy) is 1. The summed E-state index contributed by atoms with van der Waals surface area (Å²) in [6, 6.07) is 8.20. The standard InChI is InChI=1S/C28H39N5O4/c1-21-30-26(37-31-21)23-9-6-15-33(19-23)25(34)20-32-16-12-28(13-17-32)11-5-4-8-22-7-2-3-10-24(22)36-18-14-29-27(28)35/h2-3,7,10,23H,4-6,8-9,11-20H2,1H3,(H,29,35). The molecule has 1 unspecified atom stereocenters. The van der Waals surface area contributed by atoms with Gasteiger partial charge in [0, 0.05) is 13.1 Å². The molecule has 0 aliphatic carbocycles. The molecular formula is C28H39N5O4. The number of fused-ring (bicyclic) bond motifs is 1. The number of nitrogens with one attached hydrogen (secondary N) is 1. The summed E-state index contributed by atoms with van der Waals surface area (Å²) in [6.45, 7) is 6.12. The molecule has 9 nitrogen and oxygen atoms in total. The number of amides is 2. The van der Waals surface area contributed by atoms with Crippen LogP contribution in [0.25, 0.3) is 0 Å². The number of hydrogen-bond donors (Lipinski definition) is 1. The third kappa shape index (κ3) is 6.14. The van der Waals surface area contributed by atoms with Gasteiger partial charge in [0.25, 0.3) is 0 Å². The minimum atomic E-state index is -0.357. The average molecular weight is 510 g/mol. The highest BCUT2D eigenvalue weighted by atomic mass is 16.5. The number of hydrogen-bond acceptors (Lipinski definition) is 7. The van der Waals surface area contributed by atoms with Gasteiger partial charge in [-0.1, -0.05) is 29.8 Å². The number of likely N-dealkylation sites (tertiary alicyclic amines) is 2. The first-order valence-electron chi connectivity index (χ1n) is 13.8. The van der Waals surface area contributed by atoms with E-state index in [2.05, 4.69) is 32.5 Å². The van der Waals surface area contributed by atoms with Crippen molar-refractivity contribution < 1.29 is 18.8 Å². The first kappa shape index (κ1) is 25.7. The lowest BCUT2D eigenvalue weighted by Crippen LogP contribution is -2.52. The maximum absolute atomic E-state index is 13.3. The van der Waals surface area contributed by atoms with Gasteiger partial charge in [-0.25, -0.2) is 0 Å². The van der Waals surface area contributed by atoms with Crippen LogP contribution >= 0.6 is 0 Å². The van der Waals surface area contributed by atoms with E-state index >= 15 is 0 Å². The normalized spacial score (nSPS) is 23.3. The predicted octanol–water partition coefficient (Wildman–Crippen LogP) is 3.09. The van der Waals surface area contributed by atoms with Gasteiger partial charge >= 0.3 is 0 Å². The van der Waals surface area contributed by atoms with Gasteiger partial charge in [0.05, 0.1) is 24.4 Å². The Balaban J connectivity index is 1.15. The Kier molecular flexibility index (Phi) is 8.08. The number of benzene rings is 1. The minimum Gasteiger partial charge on any atom is -0.491 e. The zero-order valence-electron chi connectivity index (χ0n) is 21.9. The molecule has 0 bridgehead atoms. The largest absolute Gasteiger partial charge is 0.491 e. The SMILES string of the molecule is Cc1noc(C2CCCN(C(=O)CN3CCC4(CCCCc5ccccc5OCCNC4=O)CC3)C2)n1. The second kappa shape index (κ2) is 11.6. The lowest BCUT2D eigenvalue weighted by atomic mass is 9.73. The molecule has 0 radical (unpaired) electrons. The molecule has 37 heavy (non-hydrogen) atoms. The number of piperidine rings is 2. The zero-order chi connectivity index (χ0) is 25.7. The van der Waals surface area contributed by atoms with Gasteiger partial charge in [-0.05, 0) is 76.6 Å². The molecule has 1 aromatic heterocycles. The lowest BCUT2D eigenvalue weighted by molar-refractivity contribution is -0.137. The third-order valence-corrected chi connectivity index (χ3v) is 8.29. The van der Waals surface area contributed by atoms with Crippen LogP contribution in [-0.4, -0.2) is 77.6 Å². The van der Waals surface area contributed by atoms with E-state index in [9.17, 15) is 9.59 Å². The molecule has 2 fully saturated rings. The van der Waals surface area contributed by atoms with Crippen molar-refractivity contribution in [3.05, 3.63) is 41.5 Å². The van der Waals surface area contributed by atoms with Gasteiger partial charge in [0.1, 0.15) is 12.4 Å². The Bertz CT molecular complexity index is 1080. The summed E-state index contributed by atoms with van der Waals surface area (Å²) in [4.78, 5) is 35.0. The summed E-state index contributed by atoms with van der Waals surface area (Å²) in [5.74, 6) is 2.60. The van der Waals surface area contributed by atoms with Crippen LogP contribution in [0.5, 0.6) is 5.75 Å². The lowest BCUT2D eigenvalue weighted by Gasteiger charge is -2.41. The Labute approximate surface area is 218 Å². The van der Waals surface area contributed by atoms with E-state index in [0.717, 1.165) is 76.8 Å². The molecule has 0 saturated carbocycles. The average Bonchev–Trinajstić information content (AvgIpc) is 3.36. The zero-order valence-corrected chi connectivity index (χ0v) is 21.9. The van der Waals surface area contributed by atoms with Crippen molar-refractivity contribution >= 4 is 11.8 Å². The number of nitrogens with zero attached hydrogens (tertiary/aromatic N) is 4. The van der Waals surface area contributed by atoms with Crippen LogP contribution < -0.4 is 10.1 Å². The Hall–Kier alpha value is -2.94. The van der Waals surface area contributed by atoms with Gasteiger partial charge < -0.3 is 19.5 Å². The summed E-state index contributed by atoms with van der Waals surface area (Å²) >= 11 is 0. The quantitative estimate of drug-likeness (QED) is 0.679. The Morgan fingerprint density at radius 1 is 1.14 bits per heavy atom. The van der Waals surface area contributed by atoms with Crippen LogP contribution in [0.15, 0.2) is 28.8 Å². The predicted molar refractivity (Wildman–Crippen MR) is 138 cm³/mol. The van der Waals surface area contributed by atoms with Crippen molar-refractivity contribution in [1.82, 2.24) is 25.3 Å². The second-order valence-electron chi connectivity index (χ2n) is 10.8. The fraction of sp³-hybridized carbons (Fsp3) is 0.643. The molecule has 2 saturated heterocycles. The first-order chi connectivity index (χ1) is 18.0. The van der Waals surface area contributed by atoms with E-state index < -0.39 is 0 Å². The number of carbonyl (C=O) groups excluding carboxylic acids is 2. The molecule has 3 aliphatic heterocycles. The van der Waals surface area contributed by atoms with E-state index in [-0.39, 0.29) is 23.1 Å². The van der Waals surface area contributed by atoms with E-state index in [0.29, 0.717) is 38.0 Å². The van der Waals surface area contributed by atoms with Gasteiger partial charge in [0.2, 0.25) is 17.7 Å². The van der Waals surface area contributed by atoms with Gasteiger partial charge in [-0.3, -0.25) is 14.5 Å². The number of aromatic nitrogens is 2. The van der Waals surface area contributed by atoms with Crippen LogP contribution in [0.1, 0.15) is 68.1 Å². The molecule has 200 valence electrons. The van der Waals surface area contributed by atoms with Gasteiger partial charge in [-0.2, -0.15) is 4.98 Å². The minimum absolute atomic E-state index is 0.111. The molecular weight excluding hydrogens is 470 g/mol. The summed E-state index contributed by atoms with van der Waals surface area (Å²) in [7, 11) is 0. The first-order valence-corrected chi connectivity index (χ1v) is 13.8. The van der Waals surface area contributed by atoms with Crippen molar-refractivity contribution in [2.24, 2.45) is 5.41 Å². The van der Waals surface area contributed by atoms with Crippen molar-refractivity contribution in [2.45, 2.75) is 64.2 Å². The van der Waals surface area contributed by atoms with Crippen molar-refractivity contribution in [1.29, 1.82) is 0 Å². The van der Waals surface area contributed by atoms with Gasteiger partial charge in [0.15, 0.2) is 5.82 Å². The maximum atomic E-state index is 13.3. The summed E-state index contributed by atoms with van der Waals surface area (Å²) in [5.41, 5.74) is 0.885. The van der Waals surface area contributed by atoms with Crippen LogP contribution in [0.3, 0.4) is 0 Å². The fourth-order valence-electron chi connectivity index (χ4n) is 6.05. The van der Waals surface area contributed by atoms with Crippen molar-refractivity contribution in [3.63, 3.8) is 0 Å². The van der Waals surface area contributed by atoms with Gasteiger partial charge in [-0.15, -0.1) is 0 Å². The molecule has 3 aliphatic rings. The topological polar surface area (TPSA) is 101 Å². The summed E-state index contributed by atoms with van der Waals surface area (Å²) < 4.78 is 11.3. The molecule has 9 heteroatoms. The van der Waals surface area contributed by atoms with Crippen molar-refractivity contribution in [2.75, 3.05) is 45.9 Å². The molecule has 1 aromatic carbocycles. The van der Waals surface area contributed by atoms with E-state index in [1.807, 2.05) is 24.0 Å². The maximum Gasteiger partial charge on any atom is 0.236 e. The summed E-state index contributed by atoms with van der Waals surface area (Å²) in [6.07, 6.45) is 7.37. The number of para-hydroxylation sites is 1. The monoisotopic (exact) mass is 509 g/mol. The van der Waals surface area contributed by atoms with E-state index in [1.54, 1.807) is 0 Å². The van der Waals surface area contributed by atoms with E-state index in [4.69, 9.17) is 9.26 Å². The molecule has 1 spiro atoms. The fourth-order valence-corrected chi connectivity index (χ4v) is 6.05. The molecule has 4 heterocycles. The molecule has 2 amide bonds. The van der Waals surface area contributed by atoms with Crippen LogP contribution in [0, 0.1) is 12.3 Å². The van der Waals surface area contributed by atoms with Crippen molar-refractivity contribution in [3.8, 4) is 5.75 Å². The highest BCUT2D eigenvalue weighted by Gasteiger charge is 2.41. The molecule has 1 atom stereocenters. The van der Waals surface area contributed by atoms with E-state index in [1.165, 1.54) is 5.56 Å². The Morgan fingerprint density at radius 2 is 1.97 bits per heavy atom. The number of aryl methyl sites for hydroxylation is 2. The number of carbonyl (C=O) groups is 2. The van der Waals surface area contributed by atoms with Crippen LogP contribution in [0.4, 0.5) is 0 Å². The second-order valence-corrected chi connectivity index (χ2v) is 10.8. The molecule has 5 rings (SSSR count).